The van der Waals surface area contributed by atoms with Gasteiger partial charge in [-0.2, -0.15) is 11.8 Å². The molecule has 0 radical (unpaired) electrons. The highest BCUT2D eigenvalue weighted by Gasteiger charge is 2.41. The minimum Gasteiger partial charge on any atom is -0.459 e. The average Bonchev–Trinajstić information content (AvgIpc) is 3.00. The second-order valence-electron chi connectivity index (χ2n) is 8.06. The molecule has 1 saturated heterocycles. The van der Waals surface area contributed by atoms with Crippen LogP contribution in [0.4, 0.5) is 0 Å². The highest BCUT2D eigenvalue weighted by atomic mass is 32.2. The third kappa shape index (κ3) is 3.52. The molecular weight excluding hydrogens is 356 g/mol. The van der Waals surface area contributed by atoms with Gasteiger partial charge < -0.3 is 9.72 Å². The molecule has 1 aromatic heterocycles. The van der Waals surface area contributed by atoms with Crippen LogP contribution in [0.15, 0.2) is 18.2 Å². The van der Waals surface area contributed by atoms with Gasteiger partial charge in [0.2, 0.25) is 0 Å². The molecule has 0 saturated carbocycles. The molecule has 0 spiro atoms. The molecule has 2 aliphatic rings. The van der Waals surface area contributed by atoms with E-state index in [1.807, 2.05) is 11.8 Å². The van der Waals surface area contributed by atoms with Crippen molar-refractivity contribution in [1.29, 1.82) is 0 Å². The Morgan fingerprint density at radius 2 is 2.26 bits per heavy atom. The maximum atomic E-state index is 11.3. The molecule has 1 aliphatic heterocycles. The molecule has 5 heteroatoms. The minimum atomic E-state index is -0.222. The number of ether oxygens (including phenoxy) is 1. The Morgan fingerprint density at radius 1 is 1.41 bits per heavy atom. The molecular formula is C22H30N2O2S. The van der Waals surface area contributed by atoms with Gasteiger partial charge in [-0.3, -0.25) is 9.69 Å². The van der Waals surface area contributed by atoms with Crippen molar-refractivity contribution in [1.82, 2.24) is 9.88 Å². The number of hydrogen-bond acceptors (Lipinski definition) is 4. The first-order valence-corrected chi connectivity index (χ1v) is 11.5. The van der Waals surface area contributed by atoms with Crippen LogP contribution < -0.4 is 0 Å². The summed E-state index contributed by atoms with van der Waals surface area (Å²) >= 11 is 1.98. The summed E-state index contributed by atoms with van der Waals surface area (Å²) in [5.41, 5.74) is 5.13. The van der Waals surface area contributed by atoms with Gasteiger partial charge in [0.05, 0.1) is 5.69 Å². The zero-order chi connectivity index (χ0) is 19.0. The Hall–Kier alpha value is -1.46. The topological polar surface area (TPSA) is 45.3 Å². The Balaban J connectivity index is 1.75. The van der Waals surface area contributed by atoms with Crippen molar-refractivity contribution in [2.75, 3.05) is 25.1 Å². The highest BCUT2D eigenvalue weighted by molar-refractivity contribution is 7.98. The fraction of sp³-hybridized carbons (Fsp3) is 0.591. The largest absolute Gasteiger partial charge is 0.459 e. The smallest absolute Gasteiger partial charge is 0.303 e. The van der Waals surface area contributed by atoms with E-state index in [0.717, 1.165) is 18.0 Å². The van der Waals surface area contributed by atoms with Gasteiger partial charge in [0.1, 0.15) is 6.61 Å². The number of aromatic amines is 1. The lowest BCUT2D eigenvalue weighted by atomic mass is 9.72. The minimum absolute atomic E-state index is 0.222. The van der Waals surface area contributed by atoms with E-state index in [4.69, 9.17) is 4.74 Å². The molecule has 1 fully saturated rings. The van der Waals surface area contributed by atoms with E-state index in [9.17, 15) is 4.79 Å². The van der Waals surface area contributed by atoms with Crippen LogP contribution in [0.3, 0.4) is 0 Å². The molecule has 2 heterocycles. The van der Waals surface area contributed by atoms with Gasteiger partial charge in [-0.25, -0.2) is 0 Å². The second-order valence-corrected chi connectivity index (χ2v) is 8.97. The average molecular weight is 387 g/mol. The molecule has 2 aromatic rings. The normalized spacial score (nSPS) is 24.8. The molecule has 1 aromatic carbocycles. The van der Waals surface area contributed by atoms with Crippen molar-refractivity contribution in [2.24, 2.45) is 5.92 Å². The van der Waals surface area contributed by atoms with E-state index in [0.29, 0.717) is 18.6 Å². The van der Waals surface area contributed by atoms with Crippen LogP contribution in [0.25, 0.3) is 10.9 Å². The number of esters is 1. The van der Waals surface area contributed by atoms with Crippen molar-refractivity contribution in [2.45, 2.75) is 51.7 Å². The van der Waals surface area contributed by atoms with Crippen LogP contribution in [0, 0.1) is 5.92 Å². The summed E-state index contributed by atoms with van der Waals surface area (Å²) in [5, 5.41) is 1.39. The molecule has 4 nitrogen and oxygen atoms in total. The number of H-pyrrole nitrogens is 1. The summed E-state index contributed by atoms with van der Waals surface area (Å²) in [7, 11) is 0. The Kier molecular flexibility index (Phi) is 5.51. The number of carbonyl (C=O) groups is 1. The molecule has 146 valence electrons. The number of nitrogens with one attached hydrogen (secondary N) is 1. The van der Waals surface area contributed by atoms with Gasteiger partial charge in [0, 0.05) is 36.3 Å². The summed E-state index contributed by atoms with van der Waals surface area (Å²) in [5.74, 6) is 2.40. The monoisotopic (exact) mass is 386 g/mol. The quantitative estimate of drug-likeness (QED) is 0.751. The number of rotatable bonds is 6. The van der Waals surface area contributed by atoms with E-state index in [2.05, 4.69) is 41.3 Å². The first-order valence-electron chi connectivity index (χ1n) is 10.1. The predicted molar refractivity (Wildman–Crippen MR) is 112 cm³/mol. The lowest BCUT2D eigenvalue weighted by Gasteiger charge is -2.47. The zero-order valence-electron chi connectivity index (χ0n) is 16.6. The van der Waals surface area contributed by atoms with Crippen LogP contribution in [-0.4, -0.2) is 47.0 Å². The van der Waals surface area contributed by atoms with Gasteiger partial charge in [-0.05, 0) is 60.9 Å². The number of carbonyl (C=O) groups excluding carboxylic acids is 1. The van der Waals surface area contributed by atoms with Gasteiger partial charge in [0.15, 0.2) is 0 Å². The number of fused-ring (bicyclic) bond motifs is 2. The number of piperidine rings is 1. The van der Waals surface area contributed by atoms with Gasteiger partial charge in [-0.15, -0.1) is 0 Å². The molecule has 1 unspecified atom stereocenters. The van der Waals surface area contributed by atoms with Gasteiger partial charge in [-0.1, -0.05) is 19.1 Å². The van der Waals surface area contributed by atoms with Crippen molar-refractivity contribution in [3.05, 3.63) is 35.0 Å². The summed E-state index contributed by atoms with van der Waals surface area (Å²) in [6.07, 6.45) is 5.77. The number of aromatic nitrogens is 1. The molecule has 0 bridgehead atoms. The first kappa shape index (κ1) is 18.9. The van der Waals surface area contributed by atoms with Crippen LogP contribution in [0.5, 0.6) is 0 Å². The highest BCUT2D eigenvalue weighted by Crippen LogP contribution is 2.46. The SMILES string of the molecule is CCCN1C[C@H](CSC)CC2c3cccc4[nH]c(COC(C)=O)c(c34)C[C@H]21. The van der Waals surface area contributed by atoms with E-state index in [-0.39, 0.29) is 5.97 Å². The maximum Gasteiger partial charge on any atom is 0.303 e. The predicted octanol–water partition coefficient (Wildman–Crippen LogP) is 4.33. The number of hydrogen-bond donors (Lipinski definition) is 1. The van der Waals surface area contributed by atoms with Crippen molar-refractivity contribution >= 4 is 28.6 Å². The molecule has 1 N–H and O–H groups in total. The van der Waals surface area contributed by atoms with Gasteiger partial charge in [0.25, 0.3) is 0 Å². The summed E-state index contributed by atoms with van der Waals surface area (Å²) in [4.78, 5) is 17.6. The van der Waals surface area contributed by atoms with Crippen molar-refractivity contribution < 1.29 is 9.53 Å². The number of benzene rings is 1. The van der Waals surface area contributed by atoms with E-state index in [1.54, 1.807) is 0 Å². The zero-order valence-corrected chi connectivity index (χ0v) is 17.4. The Labute approximate surface area is 166 Å². The van der Waals surface area contributed by atoms with E-state index >= 15 is 0 Å². The standard InChI is InChI=1S/C22H30N2O2S/c1-4-8-24-11-15(13-27-3)9-17-16-6-5-7-19-22(16)18(10-21(17)24)20(23-19)12-26-14(2)25/h5-7,15,17,21,23H,4,8-13H2,1-3H3/t15-,17?,21-/m1/s1. The maximum absolute atomic E-state index is 11.3. The van der Waals surface area contributed by atoms with Crippen molar-refractivity contribution in [3.8, 4) is 0 Å². The molecule has 27 heavy (non-hydrogen) atoms. The summed E-state index contributed by atoms with van der Waals surface area (Å²) in [6.45, 7) is 6.49. The second kappa shape index (κ2) is 7.88. The van der Waals surface area contributed by atoms with Crippen LogP contribution in [0.2, 0.25) is 0 Å². The third-order valence-corrected chi connectivity index (χ3v) is 7.01. The number of nitrogens with zero attached hydrogens (tertiary/aromatic N) is 1. The lowest BCUT2D eigenvalue weighted by Crippen LogP contribution is -2.50. The van der Waals surface area contributed by atoms with E-state index < -0.39 is 0 Å². The summed E-state index contributed by atoms with van der Waals surface area (Å²) in [6, 6.07) is 7.23. The van der Waals surface area contributed by atoms with Crippen LogP contribution in [-0.2, 0) is 22.6 Å². The fourth-order valence-corrected chi connectivity index (χ4v) is 5.97. The van der Waals surface area contributed by atoms with Crippen LogP contribution in [0.1, 0.15) is 49.4 Å². The van der Waals surface area contributed by atoms with Gasteiger partial charge >= 0.3 is 5.97 Å². The summed E-state index contributed by atoms with van der Waals surface area (Å²) < 4.78 is 5.34. The molecule has 3 atom stereocenters. The molecule has 4 rings (SSSR count). The van der Waals surface area contributed by atoms with Crippen LogP contribution >= 0.6 is 11.8 Å². The first-order chi connectivity index (χ1) is 13.1. The molecule has 0 amide bonds. The Bertz CT molecular complexity index is 831. The Morgan fingerprint density at radius 3 is 3.00 bits per heavy atom. The number of thioether (sulfide) groups is 1. The van der Waals surface area contributed by atoms with E-state index in [1.165, 1.54) is 60.6 Å². The molecule has 1 aliphatic carbocycles. The lowest BCUT2D eigenvalue weighted by molar-refractivity contribution is -0.142. The third-order valence-electron chi connectivity index (χ3n) is 6.21. The fourth-order valence-electron chi connectivity index (χ4n) is 5.26. The van der Waals surface area contributed by atoms with Crippen molar-refractivity contribution in [3.63, 3.8) is 0 Å². The number of likely N-dealkylation sites (tertiary alicyclic amines) is 1.